The number of carbonyl (C=O) groups excluding carboxylic acids is 4. The van der Waals surface area contributed by atoms with Crippen LogP contribution in [0.4, 0.5) is 4.79 Å². The van der Waals surface area contributed by atoms with Crippen LogP contribution in [0.25, 0.3) is 0 Å². The molecule has 0 aliphatic carbocycles. The van der Waals surface area contributed by atoms with Crippen LogP contribution < -0.4 is 20.9 Å². The van der Waals surface area contributed by atoms with E-state index in [9.17, 15) is 19.2 Å². The summed E-state index contributed by atoms with van der Waals surface area (Å²) in [5.74, 6) is -1.86. The molecule has 11 heteroatoms. The summed E-state index contributed by atoms with van der Waals surface area (Å²) in [6.07, 6.45) is 2.15. The molecule has 3 amide bonds. The largest absolute Gasteiger partial charge is 0.464 e. The van der Waals surface area contributed by atoms with Gasteiger partial charge in [0, 0.05) is 25.6 Å². The lowest BCUT2D eigenvalue weighted by molar-refractivity contribution is -0.727. The number of aromatic nitrogens is 1. The molecule has 0 spiro atoms. The van der Waals surface area contributed by atoms with Crippen molar-refractivity contribution in [1.82, 2.24) is 10.6 Å². The molecule has 0 saturated carbocycles. The number of ether oxygens (including phenoxy) is 3. The summed E-state index contributed by atoms with van der Waals surface area (Å²) in [6.45, 7) is 0.750. The van der Waals surface area contributed by atoms with E-state index in [1.165, 1.54) is 10.8 Å². The Morgan fingerprint density at radius 1 is 1.21 bits per heavy atom. The summed E-state index contributed by atoms with van der Waals surface area (Å²) in [5, 5.41) is 4.97. The second-order valence-electron chi connectivity index (χ2n) is 5.92. The summed E-state index contributed by atoms with van der Waals surface area (Å²) >= 11 is 0. The number of pyridine rings is 1. The highest BCUT2D eigenvalue weighted by molar-refractivity contribution is 5.93. The number of nitrogens with zero attached hydrogens (tertiary/aromatic N) is 1. The second-order valence-corrected chi connectivity index (χ2v) is 5.92. The number of esters is 1. The van der Waals surface area contributed by atoms with Crippen LogP contribution in [-0.4, -0.2) is 56.3 Å². The number of alkyl carbamates (subject to hydrolysis) is 1. The zero-order chi connectivity index (χ0) is 20.4. The number of carbonyl (C=O) groups is 4. The fourth-order valence-corrected chi connectivity index (χ4v) is 2.32. The van der Waals surface area contributed by atoms with Crippen LogP contribution in [-0.2, 0) is 30.5 Å². The summed E-state index contributed by atoms with van der Waals surface area (Å²) < 4.78 is 16.9. The predicted molar refractivity (Wildman–Crippen MR) is 92.6 cm³/mol. The number of primary amides is 1. The fraction of sp³-hybridized carbons (Fsp3) is 0.471. The van der Waals surface area contributed by atoms with E-state index in [1.54, 1.807) is 18.3 Å². The Labute approximate surface area is 161 Å². The first-order chi connectivity index (χ1) is 13.5. The van der Waals surface area contributed by atoms with E-state index in [2.05, 4.69) is 10.6 Å². The zero-order valence-corrected chi connectivity index (χ0v) is 15.2. The molecule has 0 aromatic carbocycles. The van der Waals surface area contributed by atoms with Crippen molar-refractivity contribution in [1.29, 1.82) is 0 Å². The Morgan fingerprint density at radius 2 is 2.04 bits per heavy atom. The molecule has 2 heterocycles. The van der Waals surface area contributed by atoms with E-state index < -0.39 is 30.4 Å². The lowest BCUT2D eigenvalue weighted by Crippen LogP contribution is -2.46. The standard InChI is InChI=1S/C17H22N4O7/c18-14(22)9-13-16(24)27-7-2-6-26-8-4-19-15(23)12-3-1-5-21(10-12)11-28-17(25)20-13/h1,3,5,10,13H,2,4,6-9,11H2,(H3-,18,19,20,22,23,25)/p+1/t13-/m0/s1. The molecule has 2 rings (SSSR count). The lowest BCUT2D eigenvalue weighted by Gasteiger charge is -2.16. The van der Waals surface area contributed by atoms with E-state index in [0.717, 1.165) is 0 Å². The van der Waals surface area contributed by atoms with Gasteiger partial charge in [-0.3, -0.25) is 9.59 Å². The average molecular weight is 395 g/mol. The van der Waals surface area contributed by atoms with Gasteiger partial charge in [-0.25, -0.2) is 9.59 Å². The molecule has 0 unspecified atom stereocenters. The van der Waals surface area contributed by atoms with Crippen molar-refractivity contribution in [3.8, 4) is 0 Å². The molecule has 152 valence electrons. The topological polar surface area (TPSA) is 150 Å². The third-order valence-electron chi connectivity index (χ3n) is 3.66. The van der Waals surface area contributed by atoms with Gasteiger partial charge in [-0.2, -0.15) is 4.57 Å². The lowest BCUT2D eigenvalue weighted by atomic mass is 10.2. The van der Waals surface area contributed by atoms with Gasteiger partial charge in [-0.15, -0.1) is 0 Å². The highest BCUT2D eigenvalue weighted by Crippen LogP contribution is 1.99. The number of hydrogen-bond acceptors (Lipinski definition) is 7. The second kappa shape index (κ2) is 10.8. The molecule has 1 aromatic heterocycles. The highest BCUT2D eigenvalue weighted by Gasteiger charge is 2.25. The van der Waals surface area contributed by atoms with E-state index >= 15 is 0 Å². The van der Waals surface area contributed by atoms with E-state index in [1.807, 2.05) is 0 Å². The maximum atomic E-state index is 12.1. The molecule has 1 aromatic rings. The predicted octanol–water partition coefficient (Wildman–Crippen LogP) is -1.40. The first-order valence-corrected chi connectivity index (χ1v) is 8.69. The Balaban J connectivity index is 2.08. The Kier molecular flexibility index (Phi) is 8.15. The number of rotatable bonds is 2. The van der Waals surface area contributed by atoms with Crippen LogP contribution in [0.1, 0.15) is 23.2 Å². The number of nitrogens with two attached hydrogens (primary N) is 1. The van der Waals surface area contributed by atoms with Crippen LogP contribution in [0.3, 0.4) is 0 Å². The molecular weight excluding hydrogens is 372 g/mol. The first kappa shape index (κ1) is 21.1. The van der Waals surface area contributed by atoms with Crippen molar-refractivity contribution in [3.05, 3.63) is 30.1 Å². The van der Waals surface area contributed by atoms with Crippen molar-refractivity contribution < 1.29 is 38.0 Å². The molecule has 0 radical (unpaired) electrons. The van der Waals surface area contributed by atoms with Gasteiger partial charge in [0.1, 0.15) is 11.6 Å². The Bertz CT molecular complexity index is 725. The third kappa shape index (κ3) is 7.19. The molecular formula is C17H23N4O7+. The minimum Gasteiger partial charge on any atom is -0.464 e. The quantitative estimate of drug-likeness (QED) is 0.411. The third-order valence-corrected chi connectivity index (χ3v) is 3.66. The first-order valence-electron chi connectivity index (χ1n) is 8.69. The maximum absolute atomic E-state index is 12.1. The van der Waals surface area contributed by atoms with Crippen molar-refractivity contribution in [2.75, 3.05) is 26.4 Å². The minimum absolute atomic E-state index is 0.0393. The number of nitrogens with one attached hydrogen (secondary N) is 2. The monoisotopic (exact) mass is 395 g/mol. The van der Waals surface area contributed by atoms with Gasteiger partial charge >= 0.3 is 12.1 Å². The normalized spacial score (nSPS) is 19.9. The maximum Gasteiger partial charge on any atom is 0.412 e. The van der Waals surface area contributed by atoms with Gasteiger partial charge in [-0.05, 0) is 6.07 Å². The smallest absolute Gasteiger partial charge is 0.412 e. The molecule has 0 fully saturated rings. The average Bonchev–Trinajstić information content (AvgIpc) is 2.66. The summed E-state index contributed by atoms with van der Waals surface area (Å²) in [5.41, 5.74) is 5.49. The molecule has 4 N–H and O–H groups in total. The molecule has 1 atom stereocenters. The van der Waals surface area contributed by atoms with Crippen LogP contribution >= 0.6 is 0 Å². The van der Waals surface area contributed by atoms with Crippen molar-refractivity contribution in [2.45, 2.75) is 25.6 Å². The van der Waals surface area contributed by atoms with Crippen LogP contribution in [0.5, 0.6) is 0 Å². The molecule has 28 heavy (non-hydrogen) atoms. The van der Waals surface area contributed by atoms with Gasteiger partial charge in [0.05, 0.1) is 19.6 Å². The van der Waals surface area contributed by atoms with Gasteiger partial charge in [-0.1, -0.05) is 0 Å². The zero-order valence-electron chi connectivity index (χ0n) is 15.2. The van der Waals surface area contributed by atoms with Gasteiger partial charge in [0.2, 0.25) is 5.91 Å². The molecule has 11 nitrogen and oxygen atoms in total. The molecule has 0 saturated heterocycles. The summed E-state index contributed by atoms with van der Waals surface area (Å²) in [7, 11) is 0. The molecule has 1 aliphatic heterocycles. The Morgan fingerprint density at radius 3 is 2.82 bits per heavy atom. The fourth-order valence-electron chi connectivity index (χ4n) is 2.32. The van der Waals surface area contributed by atoms with E-state index in [-0.39, 0.29) is 19.2 Å². The number of cyclic esters (lactones) is 2. The molecule has 2 bridgehead atoms. The van der Waals surface area contributed by atoms with Crippen LogP contribution in [0.2, 0.25) is 0 Å². The SMILES string of the molecule is NC(=O)C[C@@H]1NC(=O)OC[n+]2cccc(c2)C(=O)NCCOCCCOC1=O. The minimum atomic E-state index is -1.26. The van der Waals surface area contributed by atoms with Crippen molar-refractivity contribution in [3.63, 3.8) is 0 Å². The van der Waals surface area contributed by atoms with E-state index in [0.29, 0.717) is 31.7 Å². The van der Waals surface area contributed by atoms with Crippen molar-refractivity contribution in [2.24, 2.45) is 5.73 Å². The van der Waals surface area contributed by atoms with Gasteiger partial charge < -0.3 is 30.6 Å². The van der Waals surface area contributed by atoms with Crippen molar-refractivity contribution >= 4 is 23.9 Å². The van der Waals surface area contributed by atoms with Crippen LogP contribution in [0.15, 0.2) is 24.5 Å². The highest BCUT2D eigenvalue weighted by atomic mass is 16.6. The van der Waals surface area contributed by atoms with Gasteiger partial charge in [0.25, 0.3) is 12.6 Å². The molecule has 1 aliphatic rings. The van der Waals surface area contributed by atoms with E-state index in [4.69, 9.17) is 19.9 Å². The van der Waals surface area contributed by atoms with Crippen LogP contribution in [0, 0.1) is 0 Å². The number of amides is 3. The summed E-state index contributed by atoms with van der Waals surface area (Å²) in [4.78, 5) is 47.3. The van der Waals surface area contributed by atoms with Gasteiger partial charge in [0.15, 0.2) is 12.4 Å². The Hall–Kier alpha value is -3.21. The number of fused-ring (bicyclic) bond motifs is 2. The number of hydrogen-bond donors (Lipinski definition) is 3. The summed E-state index contributed by atoms with van der Waals surface area (Å²) in [6, 6.07) is 1.98.